The molecule has 0 spiro atoms. The van der Waals surface area contributed by atoms with Gasteiger partial charge in [-0.1, -0.05) is 36.0 Å². The van der Waals surface area contributed by atoms with Crippen LogP contribution in [0.3, 0.4) is 0 Å². The number of alkyl halides is 3. The van der Waals surface area contributed by atoms with Gasteiger partial charge in [-0.15, -0.1) is 21.5 Å². The van der Waals surface area contributed by atoms with E-state index >= 15 is 0 Å². The maximum absolute atomic E-state index is 13.0. The molecule has 23 heavy (non-hydrogen) atoms. The van der Waals surface area contributed by atoms with E-state index in [9.17, 15) is 13.2 Å². The largest absolute Gasteiger partial charge is 0.416 e. The summed E-state index contributed by atoms with van der Waals surface area (Å²) in [4.78, 5) is 0.850. The van der Waals surface area contributed by atoms with Crippen LogP contribution in [0.2, 0.25) is 0 Å². The molecule has 0 atom stereocenters. The molecule has 2 aromatic heterocycles. The zero-order chi connectivity index (χ0) is 16.4. The van der Waals surface area contributed by atoms with Gasteiger partial charge in [-0.2, -0.15) is 13.2 Å². The molecule has 9 heteroatoms. The van der Waals surface area contributed by atoms with Crippen LogP contribution in [-0.4, -0.2) is 14.9 Å². The Balaban J connectivity index is 1.80. The molecule has 0 radical (unpaired) electrons. The number of nitrogens with two attached hydrogens (primary N) is 1. The average Bonchev–Trinajstić information content (AvgIpc) is 3.14. The van der Waals surface area contributed by atoms with Crippen molar-refractivity contribution in [3.8, 4) is 10.7 Å². The predicted molar refractivity (Wildman–Crippen MR) is 84.5 cm³/mol. The van der Waals surface area contributed by atoms with Gasteiger partial charge in [-0.3, -0.25) is 0 Å². The zero-order valence-corrected chi connectivity index (χ0v) is 13.3. The van der Waals surface area contributed by atoms with Crippen molar-refractivity contribution < 1.29 is 13.2 Å². The molecule has 0 saturated carbocycles. The third-order valence-electron chi connectivity index (χ3n) is 3.09. The molecular weight excluding hydrogens is 345 g/mol. The van der Waals surface area contributed by atoms with E-state index in [4.69, 9.17) is 5.84 Å². The van der Waals surface area contributed by atoms with Crippen LogP contribution < -0.4 is 5.84 Å². The van der Waals surface area contributed by atoms with Crippen LogP contribution in [-0.2, 0) is 11.9 Å². The zero-order valence-electron chi connectivity index (χ0n) is 11.6. The summed E-state index contributed by atoms with van der Waals surface area (Å²) in [6, 6.07) is 9.19. The van der Waals surface area contributed by atoms with Gasteiger partial charge in [0.05, 0.1) is 10.4 Å². The number of benzene rings is 1. The maximum atomic E-state index is 13.0. The van der Waals surface area contributed by atoms with Gasteiger partial charge < -0.3 is 5.84 Å². The number of thiophene rings is 1. The average molecular weight is 356 g/mol. The summed E-state index contributed by atoms with van der Waals surface area (Å²) in [5.41, 5.74) is -0.459. The molecule has 0 bridgehead atoms. The number of hydrogen-bond acceptors (Lipinski definition) is 5. The summed E-state index contributed by atoms with van der Waals surface area (Å²) in [5, 5.41) is 10.2. The van der Waals surface area contributed by atoms with E-state index in [1.807, 2.05) is 17.5 Å². The van der Waals surface area contributed by atoms with Gasteiger partial charge in [-0.25, -0.2) is 4.68 Å². The Morgan fingerprint density at radius 1 is 1.13 bits per heavy atom. The van der Waals surface area contributed by atoms with Crippen molar-refractivity contribution in [2.24, 2.45) is 0 Å². The van der Waals surface area contributed by atoms with Crippen molar-refractivity contribution in [2.45, 2.75) is 17.1 Å². The van der Waals surface area contributed by atoms with Gasteiger partial charge >= 0.3 is 6.18 Å². The molecule has 0 saturated heterocycles. The summed E-state index contributed by atoms with van der Waals surface area (Å²) >= 11 is 2.58. The molecule has 1 aromatic carbocycles. The summed E-state index contributed by atoms with van der Waals surface area (Å²) < 4.78 is 40.2. The monoisotopic (exact) mass is 356 g/mol. The van der Waals surface area contributed by atoms with E-state index in [1.54, 1.807) is 6.07 Å². The highest BCUT2D eigenvalue weighted by atomic mass is 32.2. The second-order valence-corrected chi connectivity index (χ2v) is 6.49. The lowest BCUT2D eigenvalue weighted by Crippen LogP contribution is -2.12. The van der Waals surface area contributed by atoms with Crippen LogP contribution in [0.15, 0.2) is 46.9 Å². The van der Waals surface area contributed by atoms with Crippen molar-refractivity contribution in [2.75, 3.05) is 5.84 Å². The van der Waals surface area contributed by atoms with Gasteiger partial charge in [0, 0.05) is 5.75 Å². The lowest BCUT2D eigenvalue weighted by atomic mass is 10.1. The Morgan fingerprint density at radius 2 is 1.91 bits per heavy atom. The SMILES string of the molecule is Nn1c(SCc2ccccc2C(F)(F)F)nnc1-c1cccs1. The van der Waals surface area contributed by atoms with Crippen LogP contribution in [0.1, 0.15) is 11.1 Å². The number of halogens is 3. The van der Waals surface area contributed by atoms with Gasteiger partial charge in [0.15, 0.2) is 5.82 Å². The highest BCUT2D eigenvalue weighted by Crippen LogP contribution is 2.34. The first-order valence-corrected chi connectivity index (χ1v) is 8.35. The van der Waals surface area contributed by atoms with Crippen molar-refractivity contribution >= 4 is 23.1 Å². The number of nitrogens with zero attached hydrogens (tertiary/aromatic N) is 3. The molecule has 0 aliphatic heterocycles. The van der Waals surface area contributed by atoms with Crippen molar-refractivity contribution in [1.29, 1.82) is 0 Å². The Morgan fingerprint density at radius 3 is 2.61 bits per heavy atom. The Kier molecular flexibility index (Phi) is 4.31. The third kappa shape index (κ3) is 3.35. The van der Waals surface area contributed by atoms with Crippen LogP contribution in [0, 0.1) is 0 Å². The number of aromatic nitrogens is 3. The maximum Gasteiger partial charge on any atom is 0.416 e. The number of nitrogen functional groups attached to an aromatic ring is 1. The van der Waals surface area contributed by atoms with Gasteiger partial charge in [0.1, 0.15) is 0 Å². The molecule has 4 nitrogen and oxygen atoms in total. The second-order valence-electron chi connectivity index (χ2n) is 4.60. The normalized spacial score (nSPS) is 11.8. The van der Waals surface area contributed by atoms with E-state index in [-0.39, 0.29) is 11.3 Å². The topological polar surface area (TPSA) is 56.7 Å². The summed E-state index contributed by atoms with van der Waals surface area (Å²) in [7, 11) is 0. The second kappa shape index (κ2) is 6.25. The Hall–Kier alpha value is -2.00. The van der Waals surface area contributed by atoms with Gasteiger partial charge in [-0.05, 0) is 23.1 Å². The van der Waals surface area contributed by atoms with E-state index in [1.165, 1.54) is 28.1 Å². The van der Waals surface area contributed by atoms with Crippen LogP contribution in [0.4, 0.5) is 13.2 Å². The first-order valence-electron chi connectivity index (χ1n) is 6.49. The molecule has 3 rings (SSSR count). The summed E-state index contributed by atoms with van der Waals surface area (Å²) in [5.74, 6) is 6.54. The Bertz CT molecular complexity index is 797. The number of rotatable bonds is 4. The summed E-state index contributed by atoms with van der Waals surface area (Å²) in [6.07, 6.45) is -4.38. The van der Waals surface area contributed by atoms with Gasteiger partial charge in [0.25, 0.3) is 0 Å². The minimum atomic E-state index is -4.38. The molecule has 0 fully saturated rings. The molecule has 0 aliphatic rings. The minimum absolute atomic E-state index is 0.107. The molecule has 0 unspecified atom stereocenters. The minimum Gasteiger partial charge on any atom is -0.335 e. The highest BCUT2D eigenvalue weighted by Gasteiger charge is 2.32. The fraction of sp³-hybridized carbons (Fsp3) is 0.143. The fourth-order valence-electron chi connectivity index (χ4n) is 2.01. The molecule has 0 amide bonds. The fourth-order valence-corrected chi connectivity index (χ4v) is 3.58. The van der Waals surface area contributed by atoms with E-state index in [2.05, 4.69) is 10.2 Å². The number of hydrogen-bond donors (Lipinski definition) is 1. The van der Waals surface area contributed by atoms with E-state index in [0.29, 0.717) is 11.0 Å². The van der Waals surface area contributed by atoms with E-state index < -0.39 is 11.7 Å². The smallest absolute Gasteiger partial charge is 0.335 e. The van der Waals surface area contributed by atoms with Crippen LogP contribution in [0.5, 0.6) is 0 Å². The third-order valence-corrected chi connectivity index (χ3v) is 4.94. The standard InChI is InChI=1S/C14H11F3N4S2/c15-14(16,17)10-5-2-1-4-9(10)8-23-13-20-19-12(21(13)18)11-6-3-7-22-11/h1-7H,8,18H2. The Labute approximate surface area is 138 Å². The first-order chi connectivity index (χ1) is 11.0. The lowest BCUT2D eigenvalue weighted by molar-refractivity contribution is -0.138. The first kappa shape index (κ1) is 15.9. The number of thioether (sulfide) groups is 1. The predicted octanol–water partition coefficient (Wildman–Crippen LogP) is 4.03. The quantitative estimate of drug-likeness (QED) is 0.566. The molecule has 120 valence electrons. The van der Waals surface area contributed by atoms with Crippen LogP contribution >= 0.6 is 23.1 Å². The molecular formula is C14H11F3N4S2. The van der Waals surface area contributed by atoms with Crippen LogP contribution in [0.25, 0.3) is 10.7 Å². The molecule has 2 heterocycles. The van der Waals surface area contributed by atoms with Crippen molar-refractivity contribution in [3.63, 3.8) is 0 Å². The molecule has 0 aliphatic carbocycles. The van der Waals surface area contributed by atoms with E-state index in [0.717, 1.165) is 22.7 Å². The van der Waals surface area contributed by atoms with Gasteiger partial charge in [0.2, 0.25) is 5.16 Å². The highest BCUT2D eigenvalue weighted by molar-refractivity contribution is 7.98. The summed E-state index contributed by atoms with van der Waals surface area (Å²) in [6.45, 7) is 0. The lowest BCUT2D eigenvalue weighted by Gasteiger charge is -2.11. The molecule has 2 N–H and O–H groups in total. The molecule has 3 aromatic rings. The van der Waals surface area contributed by atoms with Crippen molar-refractivity contribution in [3.05, 3.63) is 52.9 Å². The van der Waals surface area contributed by atoms with Crippen molar-refractivity contribution in [1.82, 2.24) is 14.9 Å².